The second kappa shape index (κ2) is 5.86. The number of hydrogen-bond acceptors (Lipinski definition) is 3. The van der Waals surface area contributed by atoms with E-state index in [1.165, 1.54) is 18.9 Å². The van der Waals surface area contributed by atoms with Crippen LogP contribution in [-0.2, 0) is 11.2 Å². The van der Waals surface area contributed by atoms with Crippen molar-refractivity contribution in [3.63, 3.8) is 0 Å². The second-order valence-electron chi connectivity index (χ2n) is 7.41. The van der Waals surface area contributed by atoms with Crippen molar-refractivity contribution in [1.29, 1.82) is 5.26 Å². The van der Waals surface area contributed by atoms with Gasteiger partial charge in [0.25, 0.3) is 0 Å². The Bertz CT molecular complexity index is 690. The maximum Gasteiger partial charge on any atom is 0.229 e. The highest BCUT2D eigenvalue weighted by molar-refractivity contribution is 5.86. The molecule has 0 aromatic heterocycles. The Morgan fingerprint density at radius 2 is 2.04 bits per heavy atom. The predicted octanol–water partition coefficient (Wildman–Crippen LogP) is 2.35. The van der Waals surface area contributed by atoms with E-state index in [0.29, 0.717) is 31.1 Å². The van der Waals surface area contributed by atoms with Gasteiger partial charge in [-0.25, -0.2) is 4.39 Å². The summed E-state index contributed by atoms with van der Waals surface area (Å²) >= 11 is 0. The molecule has 2 aliphatic carbocycles. The highest BCUT2D eigenvalue weighted by Crippen LogP contribution is 2.50. The van der Waals surface area contributed by atoms with Crippen LogP contribution in [0.2, 0.25) is 0 Å². The standard InChI is InChI=1S/C19H22FN3O/c20-17-4-2-1-3-14(17)11-19(7-8-19)18(24)22-9-10-23(15-5-6-15)16(12-21)13-22/h1-4,15-16H,5-11,13H2. The minimum absolute atomic E-state index is 0.112. The topological polar surface area (TPSA) is 47.3 Å². The lowest BCUT2D eigenvalue weighted by Gasteiger charge is -2.39. The van der Waals surface area contributed by atoms with Gasteiger partial charge in [-0.3, -0.25) is 9.69 Å². The SMILES string of the molecule is N#CC1CN(C(=O)C2(Cc3ccccc3F)CC2)CCN1C1CC1. The third-order valence-corrected chi connectivity index (χ3v) is 5.67. The zero-order chi connectivity index (χ0) is 16.7. The van der Waals surface area contributed by atoms with Crippen molar-refractivity contribution in [1.82, 2.24) is 9.80 Å². The van der Waals surface area contributed by atoms with Crippen molar-refractivity contribution < 1.29 is 9.18 Å². The van der Waals surface area contributed by atoms with Gasteiger partial charge in [-0.2, -0.15) is 5.26 Å². The minimum atomic E-state index is -0.441. The maximum absolute atomic E-state index is 13.9. The summed E-state index contributed by atoms with van der Waals surface area (Å²) in [6.07, 6.45) is 4.45. The highest BCUT2D eigenvalue weighted by Gasteiger charge is 2.53. The summed E-state index contributed by atoms with van der Waals surface area (Å²) in [7, 11) is 0. The smallest absolute Gasteiger partial charge is 0.229 e. The van der Waals surface area contributed by atoms with Gasteiger partial charge in [-0.05, 0) is 43.7 Å². The monoisotopic (exact) mass is 327 g/mol. The van der Waals surface area contributed by atoms with E-state index in [2.05, 4.69) is 11.0 Å². The van der Waals surface area contributed by atoms with Crippen LogP contribution in [0.4, 0.5) is 4.39 Å². The molecule has 3 fully saturated rings. The minimum Gasteiger partial charge on any atom is -0.338 e. The molecule has 1 unspecified atom stereocenters. The first-order valence-corrected chi connectivity index (χ1v) is 8.81. The van der Waals surface area contributed by atoms with Crippen LogP contribution < -0.4 is 0 Å². The van der Waals surface area contributed by atoms with Gasteiger partial charge in [-0.1, -0.05) is 18.2 Å². The summed E-state index contributed by atoms with van der Waals surface area (Å²) in [5.41, 5.74) is 0.182. The number of benzene rings is 1. The summed E-state index contributed by atoms with van der Waals surface area (Å²) in [5, 5.41) is 9.45. The van der Waals surface area contributed by atoms with E-state index in [4.69, 9.17) is 0 Å². The van der Waals surface area contributed by atoms with E-state index in [1.807, 2.05) is 11.0 Å². The number of carbonyl (C=O) groups excluding carboxylic acids is 1. The van der Waals surface area contributed by atoms with Crippen molar-refractivity contribution in [2.45, 2.75) is 44.2 Å². The number of halogens is 1. The molecule has 1 aliphatic heterocycles. The van der Waals surface area contributed by atoms with Gasteiger partial charge in [-0.15, -0.1) is 0 Å². The van der Waals surface area contributed by atoms with Crippen LogP contribution in [0.1, 0.15) is 31.2 Å². The van der Waals surface area contributed by atoms with Gasteiger partial charge in [0.1, 0.15) is 11.9 Å². The molecule has 126 valence electrons. The zero-order valence-corrected chi connectivity index (χ0v) is 13.7. The number of nitriles is 1. The Balaban J connectivity index is 1.45. The molecule has 4 rings (SSSR count). The Kier molecular flexibility index (Phi) is 3.80. The normalized spacial score (nSPS) is 26.0. The first-order chi connectivity index (χ1) is 11.6. The van der Waals surface area contributed by atoms with Crippen LogP contribution >= 0.6 is 0 Å². The fraction of sp³-hybridized carbons (Fsp3) is 0.579. The van der Waals surface area contributed by atoms with Crippen molar-refractivity contribution in [3.05, 3.63) is 35.6 Å². The Labute approximate surface area is 141 Å². The quantitative estimate of drug-likeness (QED) is 0.853. The second-order valence-corrected chi connectivity index (χ2v) is 7.41. The molecule has 4 nitrogen and oxygen atoms in total. The van der Waals surface area contributed by atoms with Gasteiger partial charge in [0.2, 0.25) is 5.91 Å². The first kappa shape index (κ1) is 15.6. The molecule has 1 heterocycles. The van der Waals surface area contributed by atoms with Crippen LogP contribution in [0.15, 0.2) is 24.3 Å². The van der Waals surface area contributed by atoms with E-state index in [-0.39, 0.29) is 17.8 Å². The van der Waals surface area contributed by atoms with Crippen molar-refractivity contribution in [2.24, 2.45) is 5.41 Å². The third-order valence-electron chi connectivity index (χ3n) is 5.67. The van der Waals surface area contributed by atoms with E-state index >= 15 is 0 Å². The van der Waals surface area contributed by atoms with Crippen LogP contribution in [0.5, 0.6) is 0 Å². The number of rotatable bonds is 4. The van der Waals surface area contributed by atoms with Crippen LogP contribution in [0, 0.1) is 22.6 Å². The average Bonchev–Trinajstić information content (AvgIpc) is 3.51. The maximum atomic E-state index is 13.9. The van der Waals surface area contributed by atoms with E-state index in [9.17, 15) is 14.4 Å². The molecule has 5 heteroatoms. The molecular weight excluding hydrogens is 305 g/mol. The van der Waals surface area contributed by atoms with Crippen molar-refractivity contribution >= 4 is 5.91 Å². The van der Waals surface area contributed by atoms with Gasteiger partial charge in [0, 0.05) is 25.7 Å². The van der Waals surface area contributed by atoms with Gasteiger partial charge < -0.3 is 4.90 Å². The fourth-order valence-electron chi connectivity index (χ4n) is 3.90. The lowest BCUT2D eigenvalue weighted by atomic mass is 9.94. The molecule has 1 aromatic carbocycles. The molecular formula is C19H22FN3O. The third kappa shape index (κ3) is 2.80. The Hall–Kier alpha value is -1.93. The van der Waals surface area contributed by atoms with Crippen LogP contribution in [0.25, 0.3) is 0 Å². The van der Waals surface area contributed by atoms with Crippen molar-refractivity contribution in [3.8, 4) is 6.07 Å². The molecule has 1 aromatic rings. The Morgan fingerprint density at radius 3 is 2.67 bits per heavy atom. The van der Waals surface area contributed by atoms with E-state index < -0.39 is 5.41 Å². The largest absolute Gasteiger partial charge is 0.338 e. The predicted molar refractivity (Wildman–Crippen MR) is 87.5 cm³/mol. The summed E-state index contributed by atoms with van der Waals surface area (Å²) in [4.78, 5) is 17.1. The highest BCUT2D eigenvalue weighted by atomic mass is 19.1. The fourth-order valence-corrected chi connectivity index (χ4v) is 3.90. The average molecular weight is 327 g/mol. The number of hydrogen-bond donors (Lipinski definition) is 0. The molecule has 1 saturated heterocycles. The van der Waals surface area contributed by atoms with E-state index in [0.717, 1.165) is 19.4 Å². The molecule has 0 bridgehead atoms. The molecule has 2 saturated carbocycles. The molecule has 0 radical (unpaired) electrons. The lowest BCUT2D eigenvalue weighted by Crippen LogP contribution is -2.56. The first-order valence-electron chi connectivity index (χ1n) is 8.81. The summed E-state index contributed by atoms with van der Waals surface area (Å²) in [6.45, 7) is 1.96. The van der Waals surface area contributed by atoms with Gasteiger partial charge in [0.05, 0.1) is 11.5 Å². The van der Waals surface area contributed by atoms with Crippen LogP contribution in [-0.4, -0.2) is 47.4 Å². The number of carbonyl (C=O) groups is 1. The summed E-state index contributed by atoms with van der Waals surface area (Å²) in [6, 6.07) is 9.43. The number of nitrogens with zero attached hydrogens (tertiary/aromatic N) is 3. The molecule has 0 N–H and O–H groups in total. The molecule has 0 spiro atoms. The van der Waals surface area contributed by atoms with Crippen molar-refractivity contribution in [2.75, 3.05) is 19.6 Å². The molecule has 24 heavy (non-hydrogen) atoms. The lowest BCUT2D eigenvalue weighted by molar-refractivity contribution is -0.139. The van der Waals surface area contributed by atoms with Gasteiger partial charge >= 0.3 is 0 Å². The zero-order valence-electron chi connectivity index (χ0n) is 13.7. The summed E-state index contributed by atoms with van der Waals surface area (Å²) < 4.78 is 13.9. The molecule has 1 amide bonds. The Morgan fingerprint density at radius 1 is 1.29 bits per heavy atom. The summed E-state index contributed by atoms with van der Waals surface area (Å²) in [5.74, 6) is -0.119. The molecule has 3 aliphatic rings. The van der Waals surface area contributed by atoms with Gasteiger partial charge in [0.15, 0.2) is 0 Å². The number of piperazine rings is 1. The number of amides is 1. The van der Waals surface area contributed by atoms with E-state index in [1.54, 1.807) is 12.1 Å². The molecule has 1 atom stereocenters. The van der Waals surface area contributed by atoms with Crippen LogP contribution in [0.3, 0.4) is 0 Å².